The van der Waals surface area contributed by atoms with Crippen LogP contribution in [0.4, 0.5) is 11.4 Å². The maximum Gasteiger partial charge on any atom is 0.310 e. The second-order valence-electron chi connectivity index (χ2n) is 3.35. The normalized spacial score (nSPS) is 12.2. The summed E-state index contributed by atoms with van der Waals surface area (Å²) in [4.78, 5) is 15.5. The van der Waals surface area contributed by atoms with E-state index in [0.717, 1.165) is 0 Å². The lowest BCUT2D eigenvalue weighted by atomic mass is 10.3. The van der Waals surface area contributed by atoms with Crippen molar-refractivity contribution >= 4 is 11.4 Å². The van der Waals surface area contributed by atoms with Gasteiger partial charge in [-0.1, -0.05) is 0 Å². The fraction of sp³-hybridized carbons (Fsp3) is 0.444. The third-order valence-corrected chi connectivity index (χ3v) is 1.92. The van der Waals surface area contributed by atoms with E-state index in [1.54, 1.807) is 24.9 Å². The highest BCUT2D eigenvalue weighted by molar-refractivity contribution is 5.61. The van der Waals surface area contributed by atoms with Gasteiger partial charge in [-0.15, -0.1) is 0 Å². The predicted molar refractivity (Wildman–Crippen MR) is 55.8 cm³/mol. The third kappa shape index (κ3) is 2.88. The quantitative estimate of drug-likeness (QED) is 0.588. The second kappa shape index (κ2) is 4.70. The van der Waals surface area contributed by atoms with Gasteiger partial charge in [0.05, 0.1) is 11.0 Å². The fourth-order valence-electron chi connectivity index (χ4n) is 1.34. The van der Waals surface area contributed by atoms with Crippen molar-refractivity contribution in [2.45, 2.75) is 13.0 Å². The molecule has 15 heavy (non-hydrogen) atoms. The Balaban J connectivity index is 2.97. The maximum absolute atomic E-state index is 10.7. The van der Waals surface area contributed by atoms with Gasteiger partial charge in [0.15, 0.2) is 0 Å². The van der Waals surface area contributed by atoms with E-state index in [0.29, 0.717) is 12.2 Å². The number of hydrogen-bond donors (Lipinski definition) is 1. The van der Waals surface area contributed by atoms with Gasteiger partial charge in [0.25, 0.3) is 0 Å². The Hall–Kier alpha value is -1.69. The van der Waals surface area contributed by atoms with E-state index in [9.17, 15) is 15.2 Å². The van der Waals surface area contributed by atoms with Gasteiger partial charge < -0.3 is 10.0 Å². The first-order valence-corrected chi connectivity index (χ1v) is 4.50. The summed E-state index contributed by atoms with van der Waals surface area (Å²) in [6, 6.07) is 1.56. The van der Waals surface area contributed by atoms with Crippen LogP contribution in [-0.4, -0.2) is 34.7 Å². The average molecular weight is 211 g/mol. The Morgan fingerprint density at radius 1 is 1.73 bits per heavy atom. The van der Waals surface area contributed by atoms with Gasteiger partial charge in [0.1, 0.15) is 11.9 Å². The summed E-state index contributed by atoms with van der Waals surface area (Å²) in [5, 5.41) is 19.9. The number of hydrogen-bond acceptors (Lipinski definition) is 5. The average Bonchev–Trinajstić information content (AvgIpc) is 2.16. The molecule has 0 amide bonds. The molecular formula is C9H13N3O3. The summed E-state index contributed by atoms with van der Waals surface area (Å²) >= 11 is 0. The summed E-state index contributed by atoms with van der Waals surface area (Å²) in [7, 11) is 1.69. The van der Waals surface area contributed by atoms with E-state index in [1.807, 2.05) is 0 Å². The van der Waals surface area contributed by atoms with E-state index >= 15 is 0 Å². The minimum absolute atomic E-state index is 0.0550. The lowest BCUT2D eigenvalue weighted by molar-refractivity contribution is -0.384. The number of aliphatic hydroxyl groups is 1. The molecule has 1 rings (SSSR count). The molecule has 0 radical (unpaired) electrons. The maximum atomic E-state index is 10.7. The Bertz CT molecular complexity index is 354. The molecule has 0 aliphatic heterocycles. The lowest BCUT2D eigenvalue weighted by Crippen LogP contribution is -2.27. The van der Waals surface area contributed by atoms with E-state index in [4.69, 9.17) is 0 Å². The molecule has 6 nitrogen and oxygen atoms in total. The van der Waals surface area contributed by atoms with Crippen molar-refractivity contribution in [1.82, 2.24) is 4.98 Å². The van der Waals surface area contributed by atoms with Crippen molar-refractivity contribution in [2.75, 3.05) is 18.5 Å². The van der Waals surface area contributed by atoms with E-state index in [2.05, 4.69) is 4.98 Å². The van der Waals surface area contributed by atoms with Gasteiger partial charge >= 0.3 is 5.69 Å². The molecule has 0 spiro atoms. The van der Waals surface area contributed by atoms with Crippen LogP contribution in [0.15, 0.2) is 18.5 Å². The fourth-order valence-corrected chi connectivity index (χ4v) is 1.34. The molecule has 0 aliphatic rings. The molecule has 0 aromatic carbocycles. The van der Waals surface area contributed by atoms with Crippen molar-refractivity contribution < 1.29 is 10.0 Å². The molecular weight excluding hydrogens is 198 g/mol. The Labute approximate surface area is 87.3 Å². The number of anilines is 1. The minimum atomic E-state index is -0.539. The van der Waals surface area contributed by atoms with Crippen molar-refractivity contribution in [3.05, 3.63) is 28.6 Å². The molecule has 1 aromatic rings. The first kappa shape index (κ1) is 11.4. The van der Waals surface area contributed by atoms with E-state index in [1.165, 1.54) is 12.4 Å². The van der Waals surface area contributed by atoms with Crippen LogP contribution in [0.2, 0.25) is 0 Å². The molecule has 0 fully saturated rings. The molecule has 1 heterocycles. The molecule has 6 heteroatoms. The third-order valence-electron chi connectivity index (χ3n) is 1.92. The number of pyridine rings is 1. The van der Waals surface area contributed by atoms with Crippen molar-refractivity contribution in [3.63, 3.8) is 0 Å². The van der Waals surface area contributed by atoms with Crippen LogP contribution in [0.5, 0.6) is 0 Å². The summed E-state index contributed by atoms with van der Waals surface area (Å²) < 4.78 is 0. The molecule has 0 bridgehead atoms. The molecule has 0 saturated heterocycles. The first-order valence-electron chi connectivity index (χ1n) is 4.50. The van der Waals surface area contributed by atoms with Crippen LogP contribution in [0.1, 0.15) is 6.92 Å². The van der Waals surface area contributed by atoms with E-state index in [-0.39, 0.29) is 5.69 Å². The number of nitro groups is 1. The standard InChI is InChI=1S/C9H13N3O3/c1-7(13)6-11(2)8-3-4-10-5-9(8)12(14)15/h3-5,7,13H,6H2,1-2H3. The number of nitrogens with zero attached hydrogens (tertiary/aromatic N) is 3. The molecule has 82 valence electrons. The SMILES string of the molecule is CC(O)CN(C)c1ccncc1[N+](=O)[O-]. The number of aliphatic hydroxyl groups excluding tert-OH is 1. The second-order valence-corrected chi connectivity index (χ2v) is 3.35. The summed E-state index contributed by atoms with van der Waals surface area (Å²) in [5.41, 5.74) is 0.400. The van der Waals surface area contributed by atoms with Crippen LogP contribution in [0, 0.1) is 10.1 Å². The number of aromatic nitrogens is 1. The summed E-state index contributed by atoms with van der Waals surface area (Å²) in [5.74, 6) is 0. The van der Waals surface area contributed by atoms with Crippen LogP contribution >= 0.6 is 0 Å². The molecule has 0 saturated carbocycles. The Kier molecular flexibility index (Phi) is 3.56. The molecule has 1 unspecified atom stereocenters. The zero-order valence-corrected chi connectivity index (χ0v) is 8.62. The number of likely N-dealkylation sites (N-methyl/N-ethyl adjacent to an activating group) is 1. The van der Waals surface area contributed by atoms with Crippen LogP contribution < -0.4 is 4.90 Å². The van der Waals surface area contributed by atoms with Crippen molar-refractivity contribution in [3.8, 4) is 0 Å². The zero-order chi connectivity index (χ0) is 11.4. The molecule has 1 atom stereocenters. The van der Waals surface area contributed by atoms with Gasteiger partial charge in [-0.05, 0) is 13.0 Å². The largest absolute Gasteiger partial charge is 0.392 e. The van der Waals surface area contributed by atoms with Crippen LogP contribution in [0.3, 0.4) is 0 Å². The minimum Gasteiger partial charge on any atom is -0.392 e. The number of rotatable bonds is 4. The Morgan fingerprint density at radius 3 is 2.93 bits per heavy atom. The highest BCUT2D eigenvalue weighted by Crippen LogP contribution is 2.25. The van der Waals surface area contributed by atoms with Crippen molar-refractivity contribution in [1.29, 1.82) is 0 Å². The van der Waals surface area contributed by atoms with Gasteiger partial charge in [0, 0.05) is 19.8 Å². The zero-order valence-electron chi connectivity index (χ0n) is 8.62. The van der Waals surface area contributed by atoms with Gasteiger partial charge in [-0.2, -0.15) is 0 Å². The topological polar surface area (TPSA) is 79.5 Å². The Morgan fingerprint density at radius 2 is 2.40 bits per heavy atom. The molecule has 0 aliphatic carbocycles. The van der Waals surface area contributed by atoms with Crippen LogP contribution in [0.25, 0.3) is 0 Å². The smallest absolute Gasteiger partial charge is 0.310 e. The van der Waals surface area contributed by atoms with Gasteiger partial charge in [-0.3, -0.25) is 15.1 Å². The van der Waals surface area contributed by atoms with E-state index < -0.39 is 11.0 Å². The van der Waals surface area contributed by atoms with Crippen molar-refractivity contribution in [2.24, 2.45) is 0 Å². The molecule has 1 aromatic heterocycles. The molecule has 1 N–H and O–H groups in total. The van der Waals surface area contributed by atoms with Gasteiger partial charge in [-0.25, -0.2) is 0 Å². The highest BCUT2D eigenvalue weighted by atomic mass is 16.6. The van der Waals surface area contributed by atoms with Crippen LogP contribution in [-0.2, 0) is 0 Å². The lowest BCUT2D eigenvalue weighted by Gasteiger charge is -2.20. The predicted octanol–water partition coefficient (Wildman–Crippen LogP) is 0.807. The summed E-state index contributed by atoms with van der Waals surface area (Å²) in [6.45, 7) is 1.97. The monoisotopic (exact) mass is 211 g/mol. The van der Waals surface area contributed by atoms with Gasteiger partial charge in [0.2, 0.25) is 0 Å². The first-order chi connectivity index (χ1) is 7.02. The summed E-state index contributed by atoms with van der Waals surface area (Å²) in [6.07, 6.45) is 2.15. The highest BCUT2D eigenvalue weighted by Gasteiger charge is 2.17.